The van der Waals surface area contributed by atoms with Crippen LogP contribution >= 0.6 is 0 Å². The molecule has 1 aromatic carbocycles. The number of rotatable bonds is 2. The highest BCUT2D eigenvalue weighted by molar-refractivity contribution is 7.90. The molecule has 1 aliphatic heterocycles. The molecule has 4 nitrogen and oxygen atoms in total. The zero-order valence-corrected chi connectivity index (χ0v) is 12.0. The van der Waals surface area contributed by atoms with Crippen LogP contribution in [0.3, 0.4) is 0 Å². The Labute approximate surface area is 114 Å². The van der Waals surface area contributed by atoms with Gasteiger partial charge >= 0.3 is 0 Å². The fourth-order valence-corrected chi connectivity index (χ4v) is 4.14. The highest BCUT2D eigenvalue weighted by Gasteiger charge is 2.36. The summed E-state index contributed by atoms with van der Waals surface area (Å²) in [6.07, 6.45) is 5.21. The van der Waals surface area contributed by atoms with Gasteiger partial charge in [-0.3, -0.25) is 0 Å². The molecule has 1 aromatic rings. The summed E-state index contributed by atoms with van der Waals surface area (Å²) in [5.74, 6) is 1.60. The van der Waals surface area contributed by atoms with Crippen LogP contribution in [0.2, 0.25) is 0 Å². The van der Waals surface area contributed by atoms with Gasteiger partial charge in [-0.2, -0.15) is 0 Å². The first-order valence-electron chi connectivity index (χ1n) is 6.79. The summed E-state index contributed by atoms with van der Waals surface area (Å²) in [5, 5.41) is 0. The lowest BCUT2D eigenvalue weighted by Crippen LogP contribution is -2.22. The molecule has 0 aromatic heterocycles. The van der Waals surface area contributed by atoms with Crippen LogP contribution in [0.25, 0.3) is 0 Å². The van der Waals surface area contributed by atoms with Crippen molar-refractivity contribution in [1.29, 1.82) is 0 Å². The molecule has 0 bridgehead atoms. The first-order valence-corrected chi connectivity index (χ1v) is 8.69. The van der Waals surface area contributed by atoms with Crippen molar-refractivity contribution >= 4 is 21.2 Å². The monoisotopic (exact) mass is 280 g/mol. The van der Waals surface area contributed by atoms with E-state index in [0.717, 1.165) is 30.6 Å². The van der Waals surface area contributed by atoms with Gasteiger partial charge in [0.25, 0.3) is 0 Å². The van der Waals surface area contributed by atoms with Gasteiger partial charge < -0.3 is 10.6 Å². The zero-order valence-electron chi connectivity index (χ0n) is 11.2. The molecule has 5 heteroatoms. The van der Waals surface area contributed by atoms with E-state index < -0.39 is 9.84 Å². The number of nitrogens with zero attached hydrogens (tertiary/aromatic N) is 1. The summed E-state index contributed by atoms with van der Waals surface area (Å²) in [7, 11) is -3.18. The zero-order chi connectivity index (χ0) is 13.6. The van der Waals surface area contributed by atoms with Crippen LogP contribution in [-0.2, 0) is 9.84 Å². The van der Waals surface area contributed by atoms with Crippen molar-refractivity contribution < 1.29 is 8.42 Å². The maximum atomic E-state index is 11.5. The van der Waals surface area contributed by atoms with Crippen LogP contribution in [0, 0.1) is 11.8 Å². The normalized spacial score (nSPS) is 26.7. The third-order valence-electron chi connectivity index (χ3n) is 4.49. The lowest BCUT2D eigenvalue weighted by Gasteiger charge is -2.21. The molecular weight excluding hydrogens is 260 g/mol. The summed E-state index contributed by atoms with van der Waals surface area (Å²) in [6.45, 7) is 2.13. The SMILES string of the molecule is CS(=O)(=O)c1ccc(N2CC3CCCC3C2)c(N)c1. The first-order chi connectivity index (χ1) is 8.95. The molecule has 1 saturated heterocycles. The smallest absolute Gasteiger partial charge is 0.175 e. The van der Waals surface area contributed by atoms with Crippen LogP contribution in [-0.4, -0.2) is 27.8 Å². The highest BCUT2D eigenvalue weighted by Crippen LogP contribution is 2.41. The van der Waals surface area contributed by atoms with Crippen LogP contribution in [0.15, 0.2) is 23.1 Å². The molecule has 0 radical (unpaired) electrons. The largest absolute Gasteiger partial charge is 0.397 e. The summed E-state index contributed by atoms with van der Waals surface area (Å²) in [6, 6.07) is 5.10. The number of anilines is 2. The molecule has 1 heterocycles. The van der Waals surface area contributed by atoms with Crippen LogP contribution in [0.4, 0.5) is 11.4 Å². The van der Waals surface area contributed by atoms with Crippen LogP contribution in [0.1, 0.15) is 19.3 Å². The first kappa shape index (κ1) is 12.8. The van der Waals surface area contributed by atoms with Crippen molar-refractivity contribution in [2.24, 2.45) is 11.8 Å². The average molecular weight is 280 g/mol. The Kier molecular flexibility index (Phi) is 2.96. The van der Waals surface area contributed by atoms with E-state index in [4.69, 9.17) is 5.73 Å². The Hall–Kier alpha value is -1.23. The third kappa shape index (κ3) is 2.31. The van der Waals surface area contributed by atoms with E-state index in [2.05, 4.69) is 4.90 Å². The van der Waals surface area contributed by atoms with Gasteiger partial charge in [0.05, 0.1) is 16.3 Å². The van der Waals surface area contributed by atoms with E-state index in [-0.39, 0.29) is 0 Å². The molecule has 0 amide bonds. The molecule has 2 aliphatic rings. The molecule has 0 spiro atoms. The molecule has 3 rings (SSSR count). The number of nitrogens with two attached hydrogens (primary N) is 1. The van der Waals surface area contributed by atoms with E-state index in [0.29, 0.717) is 10.6 Å². The van der Waals surface area contributed by atoms with Gasteiger partial charge in [-0.05, 0) is 42.9 Å². The topological polar surface area (TPSA) is 63.4 Å². The van der Waals surface area contributed by atoms with Gasteiger partial charge in [0.1, 0.15) is 0 Å². The lowest BCUT2D eigenvalue weighted by molar-refractivity contribution is 0.494. The van der Waals surface area contributed by atoms with E-state index in [1.165, 1.54) is 25.5 Å². The second-order valence-electron chi connectivity index (χ2n) is 5.85. The fraction of sp³-hybridized carbons (Fsp3) is 0.571. The molecule has 19 heavy (non-hydrogen) atoms. The molecule has 1 aliphatic carbocycles. The Morgan fingerprint density at radius 3 is 2.37 bits per heavy atom. The predicted molar refractivity (Wildman–Crippen MR) is 77.0 cm³/mol. The Morgan fingerprint density at radius 1 is 1.21 bits per heavy atom. The minimum Gasteiger partial charge on any atom is -0.397 e. The lowest BCUT2D eigenvalue weighted by atomic mass is 10.0. The number of fused-ring (bicyclic) bond motifs is 1. The van der Waals surface area contributed by atoms with Crippen molar-refractivity contribution in [3.63, 3.8) is 0 Å². The van der Waals surface area contributed by atoms with Crippen LogP contribution in [0.5, 0.6) is 0 Å². The van der Waals surface area contributed by atoms with Gasteiger partial charge in [-0.15, -0.1) is 0 Å². The average Bonchev–Trinajstić information content (AvgIpc) is 2.87. The number of benzene rings is 1. The van der Waals surface area contributed by atoms with Crippen LogP contribution < -0.4 is 10.6 Å². The number of hydrogen-bond donors (Lipinski definition) is 1. The third-order valence-corrected chi connectivity index (χ3v) is 5.60. The standard InChI is InChI=1S/C14H20N2O2S/c1-19(17,18)12-5-6-14(13(15)7-12)16-8-10-3-2-4-11(10)9-16/h5-7,10-11H,2-4,8-9,15H2,1H3. The molecule has 104 valence electrons. The number of hydrogen-bond acceptors (Lipinski definition) is 4. The van der Waals surface area contributed by atoms with Crippen molar-refractivity contribution in [3.05, 3.63) is 18.2 Å². The van der Waals surface area contributed by atoms with Crippen molar-refractivity contribution in [3.8, 4) is 0 Å². The molecule has 2 unspecified atom stereocenters. The fourth-order valence-electron chi connectivity index (χ4n) is 3.48. The van der Waals surface area contributed by atoms with Gasteiger partial charge in [0, 0.05) is 19.3 Å². The van der Waals surface area contributed by atoms with E-state index in [1.54, 1.807) is 12.1 Å². The predicted octanol–water partition coefficient (Wildman–Crippen LogP) is 1.91. The second kappa shape index (κ2) is 4.40. The number of sulfone groups is 1. The summed E-state index contributed by atoms with van der Waals surface area (Å²) in [4.78, 5) is 2.61. The van der Waals surface area contributed by atoms with Crippen molar-refractivity contribution in [1.82, 2.24) is 0 Å². The second-order valence-corrected chi connectivity index (χ2v) is 7.86. The quantitative estimate of drug-likeness (QED) is 0.841. The van der Waals surface area contributed by atoms with Gasteiger partial charge in [0.15, 0.2) is 9.84 Å². The van der Waals surface area contributed by atoms with Gasteiger partial charge in [-0.1, -0.05) is 6.42 Å². The Bertz CT molecular complexity index is 585. The summed E-state index contributed by atoms with van der Waals surface area (Å²) < 4.78 is 23.0. The maximum Gasteiger partial charge on any atom is 0.175 e. The minimum atomic E-state index is -3.18. The van der Waals surface area contributed by atoms with Crippen molar-refractivity contribution in [2.45, 2.75) is 24.2 Å². The van der Waals surface area contributed by atoms with E-state index >= 15 is 0 Å². The summed E-state index contributed by atoms with van der Waals surface area (Å²) >= 11 is 0. The van der Waals surface area contributed by atoms with E-state index in [9.17, 15) is 8.42 Å². The van der Waals surface area contributed by atoms with Crippen molar-refractivity contribution in [2.75, 3.05) is 30.0 Å². The molecule has 2 atom stereocenters. The van der Waals surface area contributed by atoms with Gasteiger partial charge in [0.2, 0.25) is 0 Å². The molecular formula is C14H20N2O2S. The maximum absolute atomic E-state index is 11.5. The van der Waals surface area contributed by atoms with E-state index in [1.807, 2.05) is 6.07 Å². The molecule has 1 saturated carbocycles. The number of nitrogen functional groups attached to an aromatic ring is 1. The molecule has 2 N–H and O–H groups in total. The summed E-state index contributed by atoms with van der Waals surface area (Å²) in [5.41, 5.74) is 7.60. The Morgan fingerprint density at radius 2 is 1.84 bits per heavy atom. The Balaban J connectivity index is 1.86. The molecule has 2 fully saturated rings. The highest BCUT2D eigenvalue weighted by atomic mass is 32.2. The van der Waals surface area contributed by atoms with Gasteiger partial charge in [-0.25, -0.2) is 8.42 Å². The minimum absolute atomic E-state index is 0.299.